The van der Waals surface area contributed by atoms with E-state index in [1.807, 2.05) is 12.1 Å². The van der Waals surface area contributed by atoms with Crippen LogP contribution in [0.25, 0.3) is 11.0 Å². The quantitative estimate of drug-likeness (QED) is 0.777. The number of rotatable bonds is 4. The van der Waals surface area contributed by atoms with E-state index in [9.17, 15) is 4.39 Å². The number of fused-ring (bicyclic) bond motifs is 2. The Morgan fingerprint density at radius 1 is 1.14 bits per heavy atom. The van der Waals surface area contributed by atoms with Crippen LogP contribution in [-0.4, -0.2) is 23.3 Å². The van der Waals surface area contributed by atoms with E-state index in [2.05, 4.69) is 15.3 Å². The Morgan fingerprint density at radius 2 is 1.91 bits per heavy atom. The average molecular weight is 299 g/mol. The first kappa shape index (κ1) is 12.9. The van der Waals surface area contributed by atoms with E-state index in [4.69, 9.17) is 9.47 Å². The molecule has 0 atom stereocenters. The van der Waals surface area contributed by atoms with E-state index >= 15 is 0 Å². The van der Waals surface area contributed by atoms with Crippen molar-refractivity contribution in [3.63, 3.8) is 0 Å². The van der Waals surface area contributed by atoms with Gasteiger partial charge in [-0.3, -0.25) is 0 Å². The van der Waals surface area contributed by atoms with Crippen molar-refractivity contribution in [3.05, 3.63) is 47.8 Å². The van der Waals surface area contributed by atoms with Gasteiger partial charge in [0.05, 0.1) is 11.0 Å². The maximum absolute atomic E-state index is 12.8. The summed E-state index contributed by atoms with van der Waals surface area (Å²) in [7, 11) is 0. The minimum atomic E-state index is -0.216. The lowest BCUT2D eigenvalue weighted by Gasteiger charge is -2.03. The molecule has 1 aliphatic heterocycles. The van der Waals surface area contributed by atoms with Gasteiger partial charge in [-0.25, -0.2) is 9.37 Å². The van der Waals surface area contributed by atoms with Crippen molar-refractivity contribution in [1.82, 2.24) is 9.97 Å². The summed E-state index contributed by atoms with van der Waals surface area (Å²) in [5, 5.41) is 3.23. The first-order valence-corrected chi connectivity index (χ1v) is 7.05. The lowest BCUT2D eigenvalue weighted by atomic mass is 10.1. The van der Waals surface area contributed by atoms with Gasteiger partial charge in [0.2, 0.25) is 12.7 Å². The fourth-order valence-electron chi connectivity index (χ4n) is 2.46. The predicted octanol–water partition coefficient (Wildman–Crippen LogP) is 3.09. The standard InChI is InChI=1S/C16H14FN3O2/c17-11-3-1-10(2-4-11)5-6-18-16-19-12-7-14-15(22-9-21-14)8-13(12)20-16/h1-4,7-8H,5-6,9H2,(H2,18,19,20). The molecule has 3 aromatic rings. The fraction of sp³-hybridized carbons (Fsp3) is 0.188. The summed E-state index contributed by atoms with van der Waals surface area (Å²) in [6.45, 7) is 0.961. The molecule has 1 aliphatic rings. The SMILES string of the molecule is Fc1ccc(CCNc2nc3cc4c(cc3[nH]2)OCO4)cc1. The Kier molecular flexibility index (Phi) is 3.07. The van der Waals surface area contributed by atoms with E-state index in [0.717, 1.165) is 34.5 Å². The van der Waals surface area contributed by atoms with Gasteiger partial charge in [-0.2, -0.15) is 0 Å². The number of aromatic nitrogens is 2. The molecule has 0 spiro atoms. The second-order valence-corrected chi connectivity index (χ2v) is 5.11. The molecule has 0 saturated heterocycles. The van der Waals surface area contributed by atoms with Crippen LogP contribution < -0.4 is 14.8 Å². The normalized spacial score (nSPS) is 12.8. The van der Waals surface area contributed by atoms with E-state index in [-0.39, 0.29) is 12.6 Å². The fourth-order valence-corrected chi connectivity index (χ4v) is 2.46. The summed E-state index contributed by atoms with van der Waals surface area (Å²) in [5.74, 6) is 1.93. The van der Waals surface area contributed by atoms with Gasteiger partial charge in [-0.15, -0.1) is 0 Å². The van der Waals surface area contributed by atoms with Gasteiger partial charge in [-0.1, -0.05) is 12.1 Å². The number of imidazole rings is 1. The van der Waals surface area contributed by atoms with Gasteiger partial charge in [-0.05, 0) is 24.1 Å². The molecule has 0 fully saturated rings. The summed E-state index contributed by atoms with van der Waals surface area (Å²) in [6, 6.07) is 10.3. The number of H-pyrrole nitrogens is 1. The Bertz CT molecular complexity index is 773. The van der Waals surface area contributed by atoms with Crippen LogP contribution in [0.4, 0.5) is 10.3 Å². The Morgan fingerprint density at radius 3 is 2.73 bits per heavy atom. The van der Waals surface area contributed by atoms with Crippen LogP contribution in [0.15, 0.2) is 36.4 Å². The molecule has 0 aliphatic carbocycles. The Labute approximate surface area is 126 Å². The third-order valence-electron chi connectivity index (χ3n) is 3.60. The Balaban J connectivity index is 1.44. The highest BCUT2D eigenvalue weighted by molar-refractivity contribution is 5.81. The van der Waals surface area contributed by atoms with Crippen molar-refractivity contribution in [2.24, 2.45) is 0 Å². The van der Waals surface area contributed by atoms with Gasteiger partial charge < -0.3 is 19.8 Å². The first-order valence-electron chi connectivity index (χ1n) is 7.05. The lowest BCUT2D eigenvalue weighted by Crippen LogP contribution is -2.05. The third-order valence-corrected chi connectivity index (χ3v) is 3.60. The highest BCUT2D eigenvalue weighted by Gasteiger charge is 2.16. The summed E-state index contributed by atoms with van der Waals surface area (Å²) in [4.78, 5) is 7.68. The van der Waals surface area contributed by atoms with E-state index in [1.54, 1.807) is 12.1 Å². The van der Waals surface area contributed by atoms with Crippen molar-refractivity contribution in [3.8, 4) is 11.5 Å². The maximum atomic E-state index is 12.8. The predicted molar refractivity (Wildman–Crippen MR) is 80.8 cm³/mol. The molecule has 6 heteroatoms. The van der Waals surface area contributed by atoms with Crippen LogP contribution in [0.3, 0.4) is 0 Å². The van der Waals surface area contributed by atoms with Crippen LogP contribution >= 0.6 is 0 Å². The number of hydrogen-bond acceptors (Lipinski definition) is 4. The molecular weight excluding hydrogens is 285 g/mol. The van der Waals surface area contributed by atoms with Gasteiger partial charge in [0, 0.05) is 18.7 Å². The zero-order valence-corrected chi connectivity index (χ0v) is 11.7. The van der Waals surface area contributed by atoms with Crippen LogP contribution in [0.5, 0.6) is 11.5 Å². The van der Waals surface area contributed by atoms with E-state index in [1.165, 1.54) is 12.1 Å². The summed E-state index contributed by atoms with van der Waals surface area (Å²) in [5.41, 5.74) is 2.80. The number of halogens is 1. The molecule has 0 bridgehead atoms. The maximum Gasteiger partial charge on any atom is 0.231 e. The number of ether oxygens (including phenoxy) is 2. The number of anilines is 1. The highest BCUT2D eigenvalue weighted by atomic mass is 19.1. The Hall–Kier alpha value is -2.76. The van der Waals surface area contributed by atoms with Crippen molar-refractivity contribution in [2.75, 3.05) is 18.7 Å². The zero-order valence-electron chi connectivity index (χ0n) is 11.7. The molecule has 0 amide bonds. The molecule has 4 rings (SSSR count). The molecule has 2 heterocycles. The van der Waals surface area contributed by atoms with Gasteiger partial charge in [0.15, 0.2) is 11.5 Å². The number of benzene rings is 2. The number of nitrogens with one attached hydrogen (secondary N) is 2. The molecule has 22 heavy (non-hydrogen) atoms. The molecule has 0 unspecified atom stereocenters. The van der Waals surface area contributed by atoms with E-state index < -0.39 is 0 Å². The minimum Gasteiger partial charge on any atom is -0.454 e. The molecule has 0 saturated carbocycles. The number of hydrogen-bond donors (Lipinski definition) is 2. The van der Waals surface area contributed by atoms with Crippen molar-refractivity contribution >= 4 is 17.0 Å². The van der Waals surface area contributed by atoms with Crippen molar-refractivity contribution in [1.29, 1.82) is 0 Å². The second-order valence-electron chi connectivity index (χ2n) is 5.11. The molecule has 112 valence electrons. The van der Waals surface area contributed by atoms with Crippen molar-refractivity contribution in [2.45, 2.75) is 6.42 Å². The molecule has 2 aromatic carbocycles. The number of aromatic amines is 1. The van der Waals surface area contributed by atoms with Crippen LogP contribution in [0, 0.1) is 5.82 Å². The van der Waals surface area contributed by atoms with E-state index in [0.29, 0.717) is 12.5 Å². The largest absolute Gasteiger partial charge is 0.454 e. The van der Waals surface area contributed by atoms with Gasteiger partial charge in [0.25, 0.3) is 0 Å². The third kappa shape index (κ3) is 2.43. The monoisotopic (exact) mass is 299 g/mol. The molecular formula is C16H14FN3O2. The van der Waals surface area contributed by atoms with Crippen LogP contribution in [0.1, 0.15) is 5.56 Å². The topological polar surface area (TPSA) is 59.2 Å². The van der Waals surface area contributed by atoms with Crippen LogP contribution in [-0.2, 0) is 6.42 Å². The summed E-state index contributed by atoms with van der Waals surface area (Å²) < 4.78 is 23.5. The smallest absolute Gasteiger partial charge is 0.231 e. The number of nitrogens with zero attached hydrogens (tertiary/aromatic N) is 1. The first-order chi connectivity index (χ1) is 10.8. The summed E-state index contributed by atoms with van der Waals surface area (Å²) in [6.07, 6.45) is 0.792. The molecule has 0 radical (unpaired) electrons. The van der Waals surface area contributed by atoms with Crippen molar-refractivity contribution < 1.29 is 13.9 Å². The molecule has 5 nitrogen and oxygen atoms in total. The van der Waals surface area contributed by atoms with Gasteiger partial charge >= 0.3 is 0 Å². The lowest BCUT2D eigenvalue weighted by molar-refractivity contribution is 0.174. The highest BCUT2D eigenvalue weighted by Crippen LogP contribution is 2.35. The zero-order chi connectivity index (χ0) is 14.9. The second kappa shape index (κ2) is 5.22. The molecule has 1 aromatic heterocycles. The summed E-state index contributed by atoms with van der Waals surface area (Å²) >= 11 is 0. The average Bonchev–Trinajstić information content (AvgIpc) is 3.12. The van der Waals surface area contributed by atoms with Gasteiger partial charge in [0.1, 0.15) is 5.82 Å². The minimum absolute atomic E-state index is 0.216. The van der Waals surface area contributed by atoms with Crippen LogP contribution in [0.2, 0.25) is 0 Å². The molecule has 2 N–H and O–H groups in total.